The van der Waals surface area contributed by atoms with E-state index in [1.807, 2.05) is 0 Å². The first kappa shape index (κ1) is 17.0. The molecule has 0 bridgehead atoms. The average molecular weight is 324 g/mol. The van der Waals surface area contributed by atoms with E-state index in [1.54, 1.807) is 42.5 Å². The van der Waals surface area contributed by atoms with Gasteiger partial charge in [0.15, 0.2) is 0 Å². The molecule has 0 radical (unpaired) electrons. The lowest BCUT2D eigenvalue weighted by atomic mass is 10.0. The Kier molecular flexibility index (Phi) is 5.52. The summed E-state index contributed by atoms with van der Waals surface area (Å²) in [6, 6.07) is 12.0. The van der Waals surface area contributed by atoms with E-state index in [4.69, 9.17) is 14.2 Å². The van der Waals surface area contributed by atoms with Crippen LogP contribution in [0.2, 0.25) is 0 Å². The van der Waals surface area contributed by atoms with E-state index in [9.17, 15) is 9.59 Å². The van der Waals surface area contributed by atoms with Crippen LogP contribution in [0.25, 0.3) is 11.1 Å². The number of methoxy groups -OCH3 is 1. The molecule has 0 aromatic heterocycles. The second kappa shape index (κ2) is 7.78. The monoisotopic (exact) mass is 324 g/mol. The summed E-state index contributed by atoms with van der Waals surface area (Å²) in [5.74, 6) is 0.253. The van der Waals surface area contributed by atoms with Crippen LogP contribution >= 0.6 is 0 Å². The molecule has 5 nitrogen and oxygen atoms in total. The van der Waals surface area contributed by atoms with Crippen molar-refractivity contribution in [1.29, 1.82) is 0 Å². The molecule has 2 rings (SSSR count). The van der Waals surface area contributed by atoms with Crippen molar-refractivity contribution in [1.82, 2.24) is 0 Å². The lowest BCUT2D eigenvalue weighted by molar-refractivity contribution is -0.129. The third-order valence-electron chi connectivity index (χ3n) is 3.11. The number of hydrogen-bond donors (Lipinski definition) is 0. The van der Waals surface area contributed by atoms with Gasteiger partial charge in [0.05, 0.1) is 7.11 Å². The Morgan fingerprint density at radius 1 is 0.875 bits per heavy atom. The highest BCUT2D eigenvalue weighted by atomic mass is 16.5. The zero-order valence-electron chi connectivity index (χ0n) is 13.2. The number of carbonyl (C=O) groups is 2. The van der Waals surface area contributed by atoms with Crippen LogP contribution in [0.1, 0.15) is 0 Å². The van der Waals surface area contributed by atoms with E-state index in [-0.39, 0.29) is 0 Å². The molecule has 122 valence electrons. The molecule has 0 aliphatic rings. The molecular formula is C19H16O5. The Hall–Kier alpha value is -3.34. The first-order valence-electron chi connectivity index (χ1n) is 7.04. The Bertz CT molecular complexity index is 775. The van der Waals surface area contributed by atoms with E-state index in [2.05, 4.69) is 13.2 Å². The minimum Gasteiger partial charge on any atom is -0.496 e. The normalized spacial score (nSPS) is 9.71. The van der Waals surface area contributed by atoms with E-state index in [1.165, 1.54) is 7.11 Å². The van der Waals surface area contributed by atoms with Crippen molar-refractivity contribution < 1.29 is 23.8 Å². The molecule has 0 heterocycles. The average Bonchev–Trinajstić information content (AvgIpc) is 2.62. The van der Waals surface area contributed by atoms with Crippen molar-refractivity contribution >= 4 is 11.9 Å². The summed E-state index contributed by atoms with van der Waals surface area (Å²) >= 11 is 0. The Balaban J connectivity index is 2.27. The minimum atomic E-state index is -0.543. The van der Waals surface area contributed by atoms with Crippen molar-refractivity contribution in [3.63, 3.8) is 0 Å². The molecule has 0 aliphatic carbocycles. The van der Waals surface area contributed by atoms with Crippen molar-refractivity contribution in [2.45, 2.75) is 0 Å². The molecule has 2 aromatic carbocycles. The molecular weight excluding hydrogens is 308 g/mol. The summed E-state index contributed by atoms with van der Waals surface area (Å²) in [6.07, 6.45) is 2.18. The maximum Gasteiger partial charge on any atom is 0.335 e. The molecule has 0 unspecified atom stereocenters. The smallest absolute Gasteiger partial charge is 0.335 e. The van der Waals surface area contributed by atoms with Gasteiger partial charge in [0.25, 0.3) is 0 Å². The van der Waals surface area contributed by atoms with E-state index < -0.39 is 11.9 Å². The highest BCUT2D eigenvalue weighted by molar-refractivity contribution is 5.84. The highest BCUT2D eigenvalue weighted by Gasteiger charge is 2.10. The van der Waals surface area contributed by atoms with Gasteiger partial charge in [0, 0.05) is 23.8 Å². The van der Waals surface area contributed by atoms with Crippen LogP contribution < -0.4 is 14.2 Å². The molecule has 0 aliphatic heterocycles. The van der Waals surface area contributed by atoms with E-state index in [0.29, 0.717) is 17.2 Å². The van der Waals surface area contributed by atoms with Gasteiger partial charge >= 0.3 is 11.9 Å². The van der Waals surface area contributed by atoms with Gasteiger partial charge < -0.3 is 14.2 Å². The fourth-order valence-corrected chi connectivity index (χ4v) is 1.99. The van der Waals surface area contributed by atoms with E-state index >= 15 is 0 Å². The van der Waals surface area contributed by atoms with Crippen LogP contribution in [0.15, 0.2) is 67.8 Å². The van der Waals surface area contributed by atoms with Gasteiger partial charge in [0.2, 0.25) is 0 Å². The summed E-state index contributed by atoms with van der Waals surface area (Å²) in [4.78, 5) is 22.4. The summed E-state index contributed by atoms with van der Waals surface area (Å²) in [5.41, 5.74) is 1.66. The van der Waals surface area contributed by atoms with Crippen molar-refractivity contribution in [2.24, 2.45) is 0 Å². The summed E-state index contributed by atoms with van der Waals surface area (Å²) in [7, 11) is 1.53. The topological polar surface area (TPSA) is 61.8 Å². The summed E-state index contributed by atoms with van der Waals surface area (Å²) in [5, 5.41) is 0. The third-order valence-corrected chi connectivity index (χ3v) is 3.11. The van der Waals surface area contributed by atoms with Crippen molar-refractivity contribution in [3.8, 4) is 28.4 Å². The van der Waals surface area contributed by atoms with Crippen LogP contribution in [0.3, 0.4) is 0 Å². The second-order valence-corrected chi connectivity index (χ2v) is 4.64. The number of carbonyl (C=O) groups excluding carboxylic acids is 2. The predicted octanol–water partition coefficient (Wildman–Crippen LogP) is 3.55. The number of esters is 2. The van der Waals surface area contributed by atoms with Gasteiger partial charge in [-0.3, -0.25) is 0 Å². The second-order valence-electron chi connectivity index (χ2n) is 4.64. The molecule has 0 amide bonds. The lowest BCUT2D eigenvalue weighted by Crippen LogP contribution is -2.03. The summed E-state index contributed by atoms with van der Waals surface area (Å²) < 4.78 is 15.5. The molecule has 0 saturated heterocycles. The maximum atomic E-state index is 11.3. The Morgan fingerprint density at radius 2 is 1.42 bits per heavy atom. The van der Waals surface area contributed by atoms with Crippen LogP contribution in [0.5, 0.6) is 17.2 Å². The largest absolute Gasteiger partial charge is 0.496 e. The molecule has 0 spiro atoms. The maximum absolute atomic E-state index is 11.3. The predicted molar refractivity (Wildman–Crippen MR) is 90.1 cm³/mol. The van der Waals surface area contributed by atoms with Crippen LogP contribution in [-0.2, 0) is 9.59 Å². The zero-order chi connectivity index (χ0) is 17.5. The van der Waals surface area contributed by atoms with E-state index in [0.717, 1.165) is 23.3 Å². The SMILES string of the molecule is C=CC(=O)Oc1ccc(-c2ccc(OC(=O)C=C)cc2OC)cc1. The van der Waals surface area contributed by atoms with Crippen LogP contribution in [0.4, 0.5) is 0 Å². The van der Waals surface area contributed by atoms with Gasteiger partial charge in [0.1, 0.15) is 17.2 Å². The molecule has 0 atom stereocenters. The van der Waals surface area contributed by atoms with Gasteiger partial charge in [-0.25, -0.2) is 9.59 Å². The number of rotatable bonds is 6. The fourth-order valence-electron chi connectivity index (χ4n) is 1.99. The van der Waals surface area contributed by atoms with Crippen molar-refractivity contribution in [3.05, 3.63) is 67.8 Å². The number of hydrogen-bond acceptors (Lipinski definition) is 5. The molecule has 0 fully saturated rings. The third kappa shape index (κ3) is 4.10. The lowest BCUT2D eigenvalue weighted by Gasteiger charge is -2.11. The first-order chi connectivity index (χ1) is 11.6. The number of benzene rings is 2. The quantitative estimate of drug-likeness (QED) is 0.462. The fraction of sp³-hybridized carbons (Fsp3) is 0.0526. The van der Waals surface area contributed by atoms with Gasteiger partial charge in [-0.05, 0) is 29.8 Å². The molecule has 0 N–H and O–H groups in total. The molecule has 24 heavy (non-hydrogen) atoms. The Morgan fingerprint density at radius 3 is 1.96 bits per heavy atom. The zero-order valence-corrected chi connectivity index (χ0v) is 13.2. The standard InChI is InChI=1S/C19H16O5/c1-4-18(20)23-14-8-6-13(7-9-14)16-11-10-15(12-17(16)22-3)24-19(21)5-2/h4-12H,1-2H2,3H3. The Labute approximate surface area is 139 Å². The molecule has 2 aromatic rings. The van der Waals surface area contributed by atoms with Crippen molar-refractivity contribution in [2.75, 3.05) is 7.11 Å². The minimum absolute atomic E-state index is 0.358. The van der Waals surface area contributed by atoms with Crippen LogP contribution in [0, 0.1) is 0 Å². The molecule has 5 heteroatoms. The first-order valence-corrected chi connectivity index (χ1v) is 7.04. The van der Waals surface area contributed by atoms with Gasteiger partial charge in [-0.2, -0.15) is 0 Å². The highest BCUT2D eigenvalue weighted by Crippen LogP contribution is 2.34. The van der Waals surface area contributed by atoms with Crippen LogP contribution in [-0.4, -0.2) is 19.0 Å². The van der Waals surface area contributed by atoms with Gasteiger partial charge in [-0.1, -0.05) is 25.3 Å². The summed E-state index contributed by atoms with van der Waals surface area (Å²) in [6.45, 7) is 6.70. The van der Waals surface area contributed by atoms with Gasteiger partial charge in [-0.15, -0.1) is 0 Å². The number of ether oxygens (including phenoxy) is 3. The molecule has 0 saturated carbocycles.